The van der Waals surface area contributed by atoms with Crippen LogP contribution in [-0.2, 0) is 11.2 Å². The van der Waals surface area contributed by atoms with Crippen LogP contribution in [0.5, 0.6) is 0 Å². The minimum atomic E-state index is -1.07. The zero-order chi connectivity index (χ0) is 15.2. The van der Waals surface area contributed by atoms with Gasteiger partial charge in [-0.1, -0.05) is 36.4 Å². The molecule has 1 amide bonds. The van der Waals surface area contributed by atoms with Crippen molar-refractivity contribution in [3.8, 4) is 0 Å². The summed E-state index contributed by atoms with van der Waals surface area (Å²) in [7, 11) is 0. The van der Waals surface area contributed by atoms with Crippen molar-refractivity contribution in [3.05, 3.63) is 65.5 Å². The van der Waals surface area contributed by atoms with Gasteiger partial charge >= 0.3 is 5.97 Å². The second kappa shape index (κ2) is 6.65. The fraction of sp³-hybridized carbons (Fsp3) is 0.188. The molecule has 0 aliphatic heterocycles. The summed E-state index contributed by atoms with van der Waals surface area (Å²) in [5, 5.41) is 11.8. The van der Waals surface area contributed by atoms with Gasteiger partial charge in [-0.25, -0.2) is 9.78 Å². The summed E-state index contributed by atoms with van der Waals surface area (Å²) in [5.41, 5.74) is 1.77. The summed E-state index contributed by atoms with van der Waals surface area (Å²) < 4.78 is 0. The molecule has 0 bridgehead atoms. The number of aromatic nitrogens is 1. The summed E-state index contributed by atoms with van der Waals surface area (Å²) in [6.07, 6.45) is 0.230. The van der Waals surface area contributed by atoms with Gasteiger partial charge in [-0.2, -0.15) is 0 Å². The Kier molecular flexibility index (Phi) is 4.66. The Bertz CT molecular complexity index is 641. The highest BCUT2D eigenvalue weighted by molar-refractivity contribution is 5.95. The lowest BCUT2D eigenvalue weighted by Gasteiger charge is -2.14. The molecule has 0 saturated carbocycles. The lowest BCUT2D eigenvalue weighted by Crippen LogP contribution is -2.42. The van der Waals surface area contributed by atoms with E-state index in [0.717, 1.165) is 5.56 Å². The highest BCUT2D eigenvalue weighted by Crippen LogP contribution is 2.05. The van der Waals surface area contributed by atoms with Crippen LogP contribution in [0, 0.1) is 6.92 Å². The minimum absolute atomic E-state index is 0.217. The van der Waals surface area contributed by atoms with Gasteiger partial charge in [0.15, 0.2) is 0 Å². The predicted molar refractivity (Wildman–Crippen MR) is 78.0 cm³/mol. The molecular formula is C16H16N2O3. The molecule has 1 aromatic carbocycles. The Morgan fingerprint density at radius 2 is 1.86 bits per heavy atom. The third-order valence-electron chi connectivity index (χ3n) is 3.01. The van der Waals surface area contributed by atoms with Crippen molar-refractivity contribution in [1.82, 2.24) is 10.3 Å². The number of amides is 1. The summed E-state index contributed by atoms with van der Waals surface area (Å²) >= 11 is 0. The van der Waals surface area contributed by atoms with Gasteiger partial charge in [0.1, 0.15) is 11.7 Å². The number of nitrogens with one attached hydrogen (secondary N) is 1. The van der Waals surface area contributed by atoms with Gasteiger partial charge in [-0.15, -0.1) is 0 Å². The molecule has 21 heavy (non-hydrogen) atoms. The number of benzene rings is 1. The second-order valence-corrected chi connectivity index (χ2v) is 4.72. The summed E-state index contributed by atoms with van der Waals surface area (Å²) in [6, 6.07) is 13.2. The smallest absolute Gasteiger partial charge is 0.326 e. The molecule has 2 rings (SSSR count). The van der Waals surface area contributed by atoms with Gasteiger partial charge < -0.3 is 10.4 Å². The topological polar surface area (TPSA) is 79.3 Å². The maximum atomic E-state index is 12.1. The molecule has 5 nitrogen and oxygen atoms in total. The maximum Gasteiger partial charge on any atom is 0.326 e. The number of carboxylic acids is 1. The van der Waals surface area contributed by atoms with Gasteiger partial charge in [0.05, 0.1) is 0 Å². The Morgan fingerprint density at radius 1 is 1.14 bits per heavy atom. The fourth-order valence-corrected chi connectivity index (χ4v) is 1.95. The Morgan fingerprint density at radius 3 is 2.48 bits per heavy atom. The van der Waals surface area contributed by atoms with Gasteiger partial charge in [-0.3, -0.25) is 4.79 Å². The quantitative estimate of drug-likeness (QED) is 0.877. The number of hydrogen-bond donors (Lipinski definition) is 2. The number of aryl methyl sites for hydroxylation is 1. The molecule has 0 saturated heterocycles. The molecule has 2 N–H and O–H groups in total. The number of aliphatic carboxylic acids is 1. The molecule has 0 radical (unpaired) electrons. The first-order chi connectivity index (χ1) is 10.1. The fourth-order valence-electron chi connectivity index (χ4n) is 1.95. The monoisotopic (exact) mass is 284 g/mol. The molecule has 2 aromatic rings. The van der Waals surface area contributed by atoms with Crippen LogP contribution in [0.3, 0.4) is 0 Å². The Balaban J connectivity index is 2.10. The number of carbonyl (C=O) groups is 2. The number of carbonyl (C=O) groups excluding carboxylic acids is 1. The lowest BCUT2D eigenvalue weighted by atomic mass is 10.1. The van der Waals surface area contributed by atoms with Gasteiger partial charge in [-0.05, 0) is 24.6 Å². The molecular weight excluding hydrogens is 268 g/mol. The summed E-state index contributed by atoms with van der Waals surface area (Å²) in [4.78, 5) is 27.5. The van der Waals surface area contributed by atoms with Crippen LogP contribution in [0.2, 0.25) is 0 Å². The van der Waals surface area contributed by atoms with E-state index in [0.29, 0.717) is 5.69 Å². The van der Waals surface area contributed by atoms with Crippen molar-refractivity contribution in [1.29, 1.82) is 0 Å². The number of rotatable bonds is 5. The van der Waals surface area contributed by atoms with E-state index in [4.69, 9.17) is 0 Å². The largest absolute Gasteiger partial charge is 0.480 e. The van der Waals surface area contributed by atoms with Gasteiger partial charge in [0.25, 0.3) is 5.91 Å². The zero-order valence-corrected chi connectivity index (χ0v) is 11.6. The van der Waals surface area contributed by atoms with Crippen LogP contribution in [0.1, 0.15) is 21.7 Å². The molecule has 0 fully saturated rings. The first-order valence-electron chi connectivity index (χ1n) is 6.57. The van der Waals surface area contributed by atoms with Gasteiger partial charge in [0, 0.05) is 12.1 Å². The number of carboxylic acid groups (broad SMARTS) is 1. The van der Waals surface area contributed by atoms with Crippen molar-refractivity contribution in [2.45, 2.75) is 19.4 Å². The standard InChI is InChI=1S/C16H16N2O3/c1-11-6-5-9-13(17-11)15(19)18-14(16(20)21)10-12-7-3-2-4-8-12/h2-9,14H,10H2,1H3,(H,18,19)(H,20,21)/t14-/m1/s1. The van der Waals surface area contributed by atoms with Crippen LogP contribution < -0.4 is 5.32 Å². The highest BCUT2D eigenvalue weighted by atomic mass is 16.4. The van der Waals surface area contributed by atoms with Crippen LogP contribution in [0.15, 0.2) is 48.5 Å². The average Bonchev–Trinajstić information content (AvgIpc) is 2.47. The van der Waals surface area contributed by atoms with E-state index >= 15 is 0 Å². The SMILES string of the molecule is Cc1cccc(C(=O)N[C@H](Cc2ccccc2)C(=O)O)n1. The molecule has 0 aliphatic carbocycles. The molecule has 0 aliphatic rings. The van der Waals surface area contributed by atoms with E-state index in [2.05, 4.69) is 10.3 Å². The molecule has 1 heterocycles. The normalized spacial score (nSPS) is 11.7. The molecule has 1 atom stereocenters. The van der Waals surface area contributed by atoms with Crippen molar-refractivity contribution in [2.75, 3.05) is 0 Å². The van der Waals surface area contributed by atoms with Crippen molar-refractivity contribution in [2.24, 2.45) is 0 Å². The van der Waals surface area contributed by atoms with E-state index < -0.39 is 17.9 Å². The highest BCUT2D eigenvalue weighted by Gasteiger charge is 2.21. The first-order valence-corrected chi connectivity index (χ1v) is 6.57. The first kappa shape index (κ1) is 14.7. The Hall–Kier alpha value is -2.69. The zero-order valence-electron chi connectivity index (χ0n) is 11.6. The van der Waals surface area contributed by atoms with E-state index in [1.807, 2.05) is 30.3 Å². The van der Waals surface area contributed by atoms with E-state index in [1.54, 1.807) is 25.1 Å². The number of pyridine rings is 1. The predicted octanol–water partition coefficient (Wildman–Crippen LogP) is 1.82. The number of nitrogens with zero attached hydrogens (tertiary/aromatic N) is 1. The van der Waals surface area contributed by atoms with Crippen LogP contribution in [-0.4, -0.2) is 28.0 Å². The molecule has 108 valence electrons. The van der Waals surface area contributed by atoms with Gasteiger partial charge in [0.2, 0.25) is 0 Å². The third kappa shape index (κ3) is 4.14. The number of hydrogen-bond acceptors (Lipinski definition) is 3. The maximum absolute atomic E-state index is 12.1. The Labute approximate surface area is 122 Å². The van der Waals surface area contributed by atoms with Crippen molar-refractivity contribution in [3.63, 3.8) is 0 Å². The van der Waals surface area contributed by atoms with Crippen LogP contribution in [0.4, 0.5) is 0 Å². The van der Waals surface area contributed by atoms with E-state index in [1.165, 1.54) is 0 Å². The van der Waals surface area contributed by atoms with E-state index in [9.17, 15) is 14.7 Å². The second-order valence-electron chi connectivity index (χ2n) is 4.72. The average molecular weight is 284 g/mol. The summed E-state index contributed by atoms with van der Waals surface area (Å²) in [5.74, 6) is -1.55. The van der Waals surface area contributed by atoms with Crippen molar-refractivity contribution < 1.29 is 14.7 Å². The minimum Gasteiger partial charge on any atom is -0.480 e. The molecule has 0 spiro atoms. The third-order valence-corrected chi connectivity index (χ3v) is 3.01. The van der Waals surface area contributed by atoms with Crippen LogP contribution in [0.25, 0.3) is 0 Å². The van der Waals surface area contributed by atoms with Crippen LogP contribution >= 0.6 is 0 Å². The summed E-state index contributed by atoms with van der Waals surface area (Å²) in [6.45, 7) is 1.77. The molecule has 0 unspecified atom stereocenters. The lowest BCUT2D eigenvalue weighted by molar-refractivity contribution is -0.139. The van der Waals surface area contributed by atoms with E-state index in [-0.39, 0.29) is 12.1 Å². The molecule has 5 heteroatoms. The van der Waals surface area contributed by atoms with Crippen molar-refractivity contribution >= 4 is 11.9 Å². The molecule has 1 aromatic heterocycles.